The van der Waals surface area contributed by atoms with Crippen LogP contribution < -0.4 is 15.4 Å². The second-order valence-corrected chi connectivity index (χ2v) is 9.63. The minimum Gasteiger partial charge on any atom is -0.493 e. The molecule has 0 aliphatic carbocycles. The lowest BCUT2D eigenvalue weighted by Crippen LogP contribution is -2.33. The maximum atomic E-state index is 13.1. The zero-order valence-electron chi connectivity index (χ0n) is 21.6. The molecule has 1 aliphatic rings. The number of primary amides is 1. The molecule has 2 aromatic carbocycles. The number of anilines is 1. The first kappa shape index (κ1) is 26.6. The highest BCUT2D eigenvalue weighted by atomic mass is 16.5. The van der Waals surface area contributed by atoms with E-state index < -0.39 is 11.9 Å². The van der Waals surface area contributed by atoms with Crippen LogP contribution in [0.3, 0.4) is 0 Å². The summed E-state index contributed by atoms with van der Waals surface area (Å²) in [5.41, 5.74) is 9.55. The molecule has 6 nitrogen and oxygen atoms in total. The van der Waals surface area contributed by atoms with Crippen molar-refractivity contribution in [3.63, 3.8) is 0 Å². The Morgan fingerprint density at radius 3 is 2.34 bits per heavy atom. The lowest BCUT2D eigenvalue weighted by molar-refractivity contribution is -0.120. The van der Waals surface area contributed by atoms with Gasteiger partial charge in [0.2, 0.25) is 5.91 Å². The second-order valence-electron chi connectivity index (χ2n) is 9.63. The van der Waals surface area contributed by atoms with Gasteiger partial charge in [0.1, 0.15) is 11.3 Å². The highest BCUT2D eigenvalue weighted by Gasteiger charge is 2.33. The Balaban J connectivity index is 2.10. The summed E-state index contributed by atoms with van der Waals surface area (Å²) in [6.07, 6.45) is 4.41. The number of para-hydroxylation sites is 1. The fraction of sp³-hybridized carbons (Fsp3) is 0.517. The topological polar surface area (TPSA) is 81.9 Å². The zero-order valence-corrected chi connectivity index (χ0v) is 21.6. The second kappa shape index (κ2) is 12.6. The van der Waals surface area contributed by atoms with Crippen molar-refractivity contribution in [2.75, 3.05) is 31.2 Å². The summed E-state index contributed by atoms with van der Waals surface area (Å²) in [7, 11) is 0. The molecule has 2 atom stereocenters. The van der Waals surface area contributed by atoms with Gasteiger partial charge in [0.25, 0.3) is 0 Å². The summed E-state index contributed by atoms with van der Waals surface area (Å²) in [4.78, 5) is 28.0. The lowest BCUT2D eigenvalue weighted by Gasteiger charge is -2.35. The van der Waals surface area contributed by atoms with E-state index in [0.717, 1.165) is 30.6 Å². The van der Waals surface area contributed by atoms with Crippen LogP contribution in [-0.2, 0) is 9.53 Å². The van der Waals surface area contributed by atoms with Gasteiger partial charge < -0.3 is 20.1 Å². The average Bonchev–Trinajstić information content (AvgIpc) is 2.84. The van der Waals surface area contributed by atoms with Gasteiger partial charge in [0.05, 0.1) is 19.1 Å². The van der Waals surface area contributed by atoms with Crippen LogP contribution in [0, 0.1) is 5.92 Å². The summed E-state index contributed by atoms with van der Waals surface area (Å²) < 4.78 is 11.0. The van der Waals surface area contributed by atoms with Gasteiger partial charge in [-0.05, 0) is 74.8 Å². The predicted octanol–water partition coefficient (Wildman–Crippen LogP) is 5.65. The van der Waals surface area contributed by atoms with Crippen molar-refractivity contribution in [2.45, 2.75) is 65.2 Å². The van der Waals surface area contributed by atoms with E-state index in [2.05, 4.69) is 36.9 Å². The van der Waals surface area contributed by atoms with Crippen LogP contribution in [-0.4, -0.2) is 38.2 Å². The predicted molar refractivity (Wildman–Crippen MR) is 140 cm³/mol. The van der Waals surface area contributed by atoms with Crippen molar-refractivity contribution in [1.82, 2.24) is 0 Å². The van der Waals surface area contributed by atoms with Crippen LogP contribution in [0.1, 0.15) is 86.7 Å². The molecular weight excluding hydrogens is 440 g/mol. The van der Waals surface area contributed by atoms with Gasteiger partial charge in [-0.1, -0.05) is 38.1 Å². The van der Waals surface area contributed by atoms with E-state index in [0.29, 0.717) is 23.8 Å². The number of nitrogens with zero attached hydrogens (tertiary/aromatic N) is 1. The first-order valence-corrected chi connectivity index (χ1v) is 12.9. The molecule has 190 valence electrons. The highest BCUT2D eigenvalue weighted by molar-refractivity contribution is 5.93. The van der Waals surface area contributed by atoms with E-state index in [4.69, 9.17) is 15.2 Å². The molecule has 0 bridgehead atoms. The summed E-state index contributed by atoms with van der Waals surface area (Å²) in [5.74, 6) is -0.696. The van der Waals surface area contributed by atoms with E-state index in [1.54, 1.807) is 19.1 Å². The number of esters is 1. The van der Waals surface area contributed by atoms with Crippen molar-refractivity contribution in [3.8, 4) is 5.75 Å². The van der Waals surface area contributed by atoms with E-state index in [1.807, 2.05) is 19.1 Å². The molecule has 0 saturated carbocycles. The number of amides is 1. The number of ether oxygens (including phenoxy) is 2. The standard InChI is InChI=1S/C29H40N2O4/c1-5-34-26-19-21(14-15-23(26)29(33)35-6-2)27(28(30)32)24(18-20(3)4)22-12-8-9-13-25(22)31-16-10-7-11-17-31/h8-9,12-15,19-20,24,27H,5-7,10-11,16-18H2,1-4H3,(H2,30,32). The number of carbonyl (C=O) groups is 2. The molecule has 0 radical (unpaired) electrons. The number of carbonyl (C=O) groups excluding carboxylic acids is 2. The molecule has 2 N–H and O–H groups in total. The summed E-state index contributed by atoms with van der Waals surface area (Å²) in [6.45, 7) is 10.7. The normalized spacial score (nSPS) is 15.5. The van der Waals surface area contributed by atoms with Crippen LogP contribution in [0.4, 0.5) is 5.69 Å². The van der Waals surface area contributed by atoms with E-state index in [1.165, 1.54) is 24.9 Å². The SMILES string of the molecule is CCOC(=O)c1ccc(C(C(N)=O)C(CC(C)C)c2ccccc2N2CCCCC2)cc1OCC. The minimum atomic E-state index is -0.557. The third-order valence-electron chi connectivity index (χ3n) is 6.63. The lowest BCUT2D eigenvalue weighted by atomic mass is 9.75. The van der Waals surface area contributed by atoms with Gasteiger partial charge in [-0.25, -0.2) is 4.79 Å². The van der Waals surface area contributed by atoms with Crippen LogP contribution in [0.5, 0.6) is 5.75 Å². The molecule has 0 spiro atoms. The van der Waals surface area contributed by atoms with Crippen molar-refractivity contribution in [2.24, 2.45) is 11.7 Å². The third-order valence-corrected chi connectivity index (χ3v) is 6.63. The van der Waals surface area contributed by atoms with Crippen molar-refractivity contribution >= 4 is 17.6 Å². The minimum absolute atomic E-state index is 0.103. The molecule has 1 amide bonds. The van der Waals surface area contributed by atoms with Crippen molar-refractivity contribution in [1.29, 1.82) is 0 Å². The molecule has 3 rings (SSSR count). The molecule has 35 heavy (non-hydrogen) atoms. The van der Waals surface area contributed by atoms with Crippen LogP contribution >= 0.6 is 0 Å². The molecule has 1 saturated heterocycles. The molecule has 6 heteroatoms. The maximum Gasteiger partial charge on any atom is 0.341 e. The summed E-state index contributed by atoms with van der Waals surface area (Å²) in [6, 6.07) is 13.7. The molecule has 1 aliphatic heterocycles. The summed E-state index contributed by atoms with van der Waals surface area (Å²) >= 11 is 0. The van der Waals surface area contributed by atoms with Gasteiger partial charge in [-0.15, -0.1) is 0 Å². The Labute approximate surface area is 209 Å². The Morgan fingerprint density at radius 1 is 1.00 bits per heavy atom. The average molecular weight is 481 g/mol. The van der Waals surface area contributed by atoms with Gasteiger partial charge in [0.15, 0.2) is 0 Å². The Hall–Kier alpha value is -3.02. The number of hydrogen-bond acceptors (Lipinski definition) is 5. The third kappa shape index (κ3) is 6.56. The molecule has 0 aromatic heterocycles. The Kier molecular flexibility index (Phi) is 9.58. The number of hydrogen-bond donors (Lipinski definition) is 1. The van der Waals surface area contributed by atoms with E-state index >= 15 is 0 Å². The van der Waals surface area contributed by atoms with Gasteiger partial charge in [0, 0.05) is 24.7 Å². The number of rotatable bonds is 11. The van der Waals surface area contributed by atoms with Gasteiger partial charge in [-0.2, -0.15) is 0 Å². The van der Waals surface area contributed by atoms with Crippen molar-refractivity contribution in [3.05, 3.63) is 59.2 Å². The smallest absolute Gasteiger partial charge is 0.341 e. The van der Waals surface area contributed by atoms with Gasteiger partial charge >= 0.3 is 5.97 Å². The van der Waals surface area contributed by atoms with Crippen molar-refractivity contribution < 1.29 is 19.1 Å². The Bertz CT molecular complexity index is 998. The molecule has 2 aromatic rings. The fourth-order valence-corrected chi connectivity index (χ4v) is 5.15. The first-order valence-electron chi connectivity index (χ1n) is 12.9. The number of nitrogens with two attached hydrogens (primary N) is 1. The van der Waals surface area contributed by atoms with E-state index in [-0.39, 0.29) is 18.4 Å². The zero-order chi connectivity index (χ0) is 25.4. The molecule has 1 fully saturated rings. The first-order chi connectivity index (χ1) is 16.9. The largest absolute Gasteiger partial charge is 0.493 e. The van der Waals surface area contributed by atoms with Crippen LogP contribution in [0.25, 0.3) is 0 Å². The number of benzene rings is 2. The van der Waals surface area contributed by atoms with E-state index in [9.17, 15) is 9.59 Å². The number of piperidine rings is 1. The monoisotopic (exact) mass is 480 g/mol. The van der Waals surface area contributed by atoms with Crippen LogP contribution in [0.15, 0.2) is 42.5 Å². The molecule has 1 heterocycles. The highest BCUT2D eigenvalue weighted by Crippen LogP contribution is 2.43. The molecular formula is C29H40N2O4. The quantitative estimate of drug-likeness (QED) is 0.420. The fourth-order valence-electron chi connectivity index (χ4n) is 5.15. The van der Waals surface area contributed by atoms with Crippen LogP contribution in [0.2, 0.25) is 0 Å². The molecule has 2 unspecified atom stereocenters. The van der Waals surface area contributed by atoms with Gasteiger partial charge in [-0.3, -0.25) is 4.79 Å². The Morgan fingerprint density at radius 2 is 1.71 bits per heavy atom. The summed E-state index contributed by atoms with van der Waals surface area (Å²) in [5, 5.41) is 0. The maximum absolute atomic E-state index is 13.1.